The van der Waals surface area contributed by atoms with E-state index in [9.17, 15) is 9.90 Å². The number of carbonyl (C=O) groups is 1. The highest BCUT2D eigenvalue weighted by Gasteiger charge is 2.29. The number of hydrogen-bond donors (Lipinski definition) is 2. The Morgan fingerprint density at radius 2 is 2.00 bits per heavy atom. The molecule has 1 atom stereocenters. The van der Waals surface area contributed by atoms with Crippen molar-refractivity contribution in [2.45, 2.75) is 45.6 Å². The van der Waals surface area contributed by atoms with E-state index in [-0.39, 0.29) is 11.5 Å². The minimum Gasteiger partial charge on any atom is -0.465 e. The average molecular weight is 272 g/mol. The van der Waals surface area contributed by atoms with E-state index in [1.807, 2.05) is 20.8 Å². The lowest BCUT2D eigenvalue weighted by molar-refractivity contribution is 0.0505. The fourth-order valence-electron chi connectivity index (χ4n) is 2.60. The van der Waals surface area contributed by atoms with Crippen molar-refractivity contribution in [3.8, 4) is 0 Å². The molecule has 0 unspecified atom stereocenters. The van der Waals surface area contributed by atoms with Crippen molar-refractivity contribution >= 4 is 6.09 Å². The van der Waals surface area contributed by atoms with Gasteiger partial charge in [-0.1, -0.05) is 0 Å². The zero-order valence-corrected chi connectivity index (χ0v) is 12.4. The van der Waals surface area contributed by atoms with Crippen molar-refractivity contribution in [1.29, 1.82) is 0 Å². The number of carboxylic acid groups (broad SMARTS) is 1. The van der Waals surface area contributed by atoms with Crippen LogP contribution in [0.15, 0.2) is 0 Å². The van der Waals surface area contributed by atoms with E-state index in [4.69, 9.17) is 10.5 Å². The van der Waals surface area contributed by atoms with Gasteiger partial charge in [0, 0.05) is 25.3 Å². The van der Waals surface area contributed by atoms with E-state index in [0.717, 1.165) is 32.5 Å². The van der Waals surface area contributed by atoms with E-state index < -0.39 is 6.09 Å². The first-order chi connectivity index (χ1) is 8.84. The Hall–Kier alpha value is -0.810. The first-order valence-corrected chi connectivity index (χ1v) is 7.13. The quantitative estimate of drug-likeness (QED) is 0.804. The molecule has 19 heavy (non-hydrogen) atoms. The molecule has 0 aromatic rings. The summed E-state index contributed by atoms with van der Waals surface area (Å²) >= 11 is 0. The summed E-state index contributed by atoms with van der Waals surface area (Å²) in [6.45, 7) is 8.47. The number of ether oxygens (including phenoxy) is 1. The highest BCUT2D eigenvalue weighted by Crippen LogP contribution is 2.25. The first-order valence-electron chi connectivity index (χ1n) is 7.13. The van der Waals surface area contributed by atoms with Gasteiger partial charge in [-0.25, -0.2) is 4.79 Å². The van der Waals surface area contributed by atoms with Crippen molar-refractivity contribution < 1.29 is 14.6 Å². The van der Waals surface area contributed by atoms with Crippen molar-refractivity contribution in [3.05, 3.63) is 0 Å². The maximum Gasteiger partial charge on any atom is 0.407 e. The van der Waals surface area contributed by atoms with Crippen molar-refractivity contribution in [3.63, 3.8) is 0 Å². The molecule has 0 spiro atoms. The van der Waals surface area contributed by atoms with Gasteiger partial charge in [-0.05, 0) is 58.4 Å². The van der Waals surface area contributed by atoms with E-state index in [1.165, 1.54) is 4.90 Å². The summed E-state index contributed by atoms with van der Waals surface area (Å²) in [4.78, 5) is 12.9. The van der Waals surface area contributed by atoms with Crippen molar-refractivity contribution in [2.75, 3.05) is 26.3 Å². The van der Waals surface area contributed by atoms with Crippen LogP contribution < -0.4 is 5.73 Å². The van der Waals surface area contributed by atoms with E-state index in [2.05, 4.69) is 0 Å². The van der Waals surface area contributed by atoms with Crippen LogP contribution >= 0.6 is 0 Å². The number of rotatable bonds is 5. The number of hydrogen-bond acceptors (Lipinski definition) is 3. The molecule has 0 aromatic heterocycles. The van der Waals surface area contributed by atoms with Crippen molar-refractivity contribution in [1.82, 2.24) is 4.90 Å². The summed E-state index contributed by atoms with van der Waals surface area (Å²) in [5.74, 6) is 0.858. The van der Waals surface area contributed by atoms with Gasteiger partial charge in [-0.15, -0.1) is 0 Å². The zero-order chi connectivity index (χ0) is 14.5. The predicted molar refractivity (Wildman–Crippen MR) is 75.2 cm³/mol. The fourth-order valence-corrected chi connectivity index (χ4v) is 2.60. The van der Waals surface area contributed by atoms with Gasteiger partial charge < -0.3 is 20.5 Å². The molecule has 1 rings (SSSR count). The van der Waals surface area contributed by atoms with Gasteiger partial charge >= 0.3 is 6.09 Å². The van der Waals surface area contributed by atoms with Gasteiger partial charge in [-0.2, -0.15) is 0 Å². The maximum absolute atomic E-state index is 11.4. The summed E-state index contributed by atoms with van der Waals surface area (Å²) in [7, 11) is 0. The third-order valence-corrected chi connectivity index (χ3v) is 3.82. The largest absolute Gasteiger partial charge is 0.465 e. The maximum atomic E-state index is 11.4. The lowest BCUT2D eigenvalue weighted by Gasteiger charge is -2.36. The molecule has 1 aliphatic heterocycles. The summed E-state index contributed by atoms with van der Waals surface area (Å²) in [6, 6.07) is 0. The first kappa shape index (κ1) is 16.2. The minimum absolute atomic E-state index is 0.235. The Bertz CT molecular complexity index is 283. The van der Waals surface area contributed by atoms with Crippen LogP contribution in [-0.2, 0) is 4.74 Å². The van der Waals surface area contributed by atoms with Crippen LogP contribution in [-0.4, -0.2) is 47.9 Å². The molecule has 1 heterocycles. The monoisotopic (exact) mass is 272 g/mol. The Labute approximate surface area is 116 Å². The summed E-state index contributed by atoms with van der Waals surface area (Å²) in [5.41, 5.74) is 5.45. The molecule has 1 amide bonds. The SMILES string of the molecule is CC(C)(C)N(C[C@H](CN)CC1CCOCC1)C(=O)O. The molecule has 1 aliphatic rings. The van der Waals surface area contributed by atoms with Gasteiger partial charge in [-0.3, -0.25) is 0 Å². The Balaban J connectivity index is 2.55. The molecule has 0 saturated carbocycles. The van der Waals surface area contributed by atoms with Gasteiger partial charge in [0.2, 0.25) is 0 Å². The molecule has 0 aliphatic carbocycles. The molecule has 5 heteroatoms. The number of nitrogens with zero attached hydrogens (tertiary/aromatic N) is 1. The summed E-state index contributed by atoms with van der Waals surface area (Å²) < 4.78 is 5.35. The lowest BCUT2D eigenvalue weighted by Crippen LogP contribution is -2.48. The molecule has 5 nitrogen and oxygen atoms in total. The van der Waals surface area contributed by atoms with Crippen LogP contribution in [0.2, 0.25) is 0 Å². The second kappa shape index (κ2) is 7.10. The van der Waals surface area contributed by atoms with E-state index in [0.29, 0.717) is 19.0 Å². The number of nitrogens with two attached hydrogens (primary N) is 1. The van der Waals surface area contributed by atoms with E-state index in [1.54, 1.807) is 0 Å². The standard InChI is InChI=1S/C14H28N2O3/c1-14(2,3)16(13(17)18)10-12(9-15)8-11-4-6-19-7-5-11/h11-12H,4-10,15H2,1-3H3,(H,17,18)/t12-/m0/s1. The molecular formula is C14H28N2O3. The van der Waals surface area contributed by atoms with E-state index >= 15 is 0 Å². The normalized spacial score (nSPS) is 19.2. The van der Waals surface area contributed by atoms with Gasteiger partial charge in [0.15, 0.2) is 0 Å². The topological polar surface area (TPSA) is 75.8 Å². The predicted octanol–water partition coefficient (Wildman–Crippen LogP) is 2.16. The van der Waals surface area contributed by atoms with Gasteiger partial charge in [0.25, 0.3) is 0 Å². The molecule has 1 fully saturated rings. The molecule has 0 radical (unpaired) electrons. The molecule has 1 saturated heterocycles. The van der Waals surface area contributed by atoms with Crippen LogP contribution in [0, 0.1) is 11.8 Å². The van der Waals surface area contributed by atoms with Crippen LogP contribution in [0.1, 0.15) is 40.0 Å². The van der Waals surface area contributed by atoms with Crippen LogP contribution in [0.25, 0.3) is 0 Å². The minimum atomic E-state index is -0.863. The third-order valence-electron chi connectivity index (χ3n) is 3.82. The number of amides is 1. The lowest BCUT2D eigenvalue weighted by atomic mass is 9.88. The third kappa shape index (κ3) is 5.37. The van der Waals surface area contributed by atoms with Crippen molar-refractivity contribution in [2.24, 2.45) is 17.6 Å². The zero-order valence-electron chi connectivity index (χ0n) is 12.4. The molecule has 3 N–H and O–H groups in total. The molecule has 0 bridgehead atoms. The second-order valence-corrected chi connectivity index (χ2v) is 6.46. The van der Waals surface area contributed by atoms with Gasteiger partial charge in [0.1, 0.15) is 0 Å². The van der Waals surface area contributed by atoms with Crippen LogP contribution in [0.5, 0.6) is 0 Å². The smallest absolute Gasteiger partial charge is 0.407 e. The highest BCUT2D eigenvalue weighted by atomic mass is 16.5. The second-order valence-electron chi connectivity index (χ2n) is 6.46. The highest BCUT2D eigenvalue weighted by molar-refractivity contribution is 5.66. The Morgan fingerprint density at radius 1 is 1.42 bits per heavy atom. The molecule has 112 valence electrons. The summed E-state index contributed by atoms with van der Waals surface area (Å²) in [6.07, 6.45) is 2.27. The van der Waals surface area contributed by atoms with Crippen LogP contribution in [0.3, 0.4) is 0 Å². The molecular weight excluding hydrogens is 244 g/mol. The average Bonchev–Trinajstić information content (AvgIpc) is 2.33. The van der Waals surface area contributed by atoms with Gasteiger partial charge in [0.05, 0.1) is 0 Å². The van der Waals surface area contributed by atoms with Crippen LogP contribution in [0.4, 0.5) is 4.79 Å². The Morgan fingerprint density at radius 3 is 2.42 bits per heavy atom. The summed E-state index contributed by atoms with van der Waals surface area (Å²) in [5, 5.41) is 9.32. The Kier molecular flexibility index (Phi) is 6.07. The fraction of sp³-hybridized carbons (Fsp3) is 0.929. The molecule has 0 aromatic carbocycles.